The number of carbonyl (C=O) groups excluding carboxylic acids is 2. The molecule has 3 rings (SSSR count). The molecule has 1 heterocycles. The summed E-state index contributed by atoms with van der Waals surface area (Å²) < 4.78 is 0. The molecule has 0 bridgehead atoms. The molecular weight excluding hydrogens is 338 g/mol. The molecule has 126 valence electrons. The maximum atomic E-state index is 12.7. The van der Waals surface area contributed by atoms with Gasteiger partial charge in [-0.2, -0.15) is 0 Å². The maximum absolute atomic E-state index is 12.7. The lowest BCUT2D eigenvalue weighted by Crippen LogP contribution is -2.44. The first-order chi connectivity index (χ1) is 12.0. The molecule has 1 aliphatic heterocycles. The Kier molecular flexibility index (Phi) is 4.72. The first-order valence-corrected chi connectivity index (χ1v) is 8.77. The number of imide groups is 1. The van der Waals surface area contributed by atoms with Gasteiger partial charge in [0, 0.05) is 16.0 Å². The van der Waals surface area contributed by atoms with Gasteiger partial charge < -0.3 is 5.11 Å². The molecule has 0 spiro atoms. The first kappa shape index (κ1) is 17.0. The quantitative estimate of drug-likeness (QED) is 0.519. The number of carboxylic acids is 1. The minimum absolute atomic E-state index is 0.313. The van der Waals surface area contributed by atoms with Gasteiger partial charge in [-0.05, 0) is 41.7 Å². The van der Waals surface area contributed by atoms with Crippen LogP contribution >= 0.6 is 11.8 Å². The van der Waals surface area contributed by atoms with Crippen LogP contribution in [-0.4, -0.2) is 40.6 Å². The van der Waals surface area contributed by atoms with E-state index < -0.39 is 24.3 Å². The number of hydrogen-bond acceptors (Lipinski definition) is 4. The lowest BCUT2D eigenvalue weighted by Gasteiger charge is -2.27. The summed E-state index contributed by atoms with van der Waals surface area (Å²) in [6, 6.07) is 14.4. The number of thioether (sulfide) groups is 1. The summed E-state index contributed by atoms with van der Waals surface area (Å²) in [7, 11) is 0. The molecule has 0 unspecified atom stereocenters. The highest BCUT2D eigenvalue weighted by Crippen LogP contribution is 2.30. The van der Waals surface area contributed by atoms with E-state index >= 15 is 0 Å². The molecular formula is C19H15NO4S. The summed E-state index contributed by atoms with van der Waals surface area (Å²) in [5, 5.41) is 9.02. The van der Waals surface area contributed by atoms with Crippen LogP contribution in [0.15, 0.2) is 53.4 Å². The van der Waals surface area contributed by atoms with Gasteiger partial charge in [-0.1, -0.05) is 30.3 Å². The Balaban J connectivity index is 2.10. The summed E-state index contributed by atoms with van der Waals surface area (Å²) in [5.74, 6) is -2.41. The predicted molar refractivity (Wildman–Crippen MR) is 96.2 cm³/mol. The van der Waals surface area contributed by atoms with E-state index in [-0.39, 0.29) is 0 Å². The molecule has 2 aromatic rings. The van der Waals surface area contributed by atoms with E-state index in [1.165, 1.54) is 0 Å². The Bertz CT molecular complexity index is 887. The van der Waals surface area contributed by atoms with Crippen molar-refractivity contribution in [2.75, 3.05) is 12.8 Å². The molecule has 0 aromatic heterocycles. The van der Waals surface area contributed by atoms with E-state index in [0.717, 1.165) is 15.4 Å². The number of nitrogens with zero attached hydrogens (tertiary/aromatic N) is 1. The minimum Gasteiger partial charge on any atom is -0.480 e. The number of aliphatic carboxylic acids is 1. The van der Waals surface area contributed by atoms with E-state index in [1.54, 1.807) is 42.1 Å². The molecule has 0 atom stereocenters. The number of carboxylic acid groups (broad SMARTS) is 1. The summed E-state index contributed by atoms with van der Waals surface area (Å²) >= 11 is 1.61. The third-order valence-corrected chi connectivity index (χ3v) is 4.63. The van der Waals surface area contributed by atoms with Crippen LogP contribution in [0.2, 0.25) is 0 Å². The van der Waals surface area contributed by atoms with Crippen LogP contribution in [0.25, 0.3) is 11.6 Å². The predicted octanol–water partition coefficient (Wildman–Crippen LogP) is 3.02. The van der Waals surface area contributed by atoms with Crippen molar-refractivity contribution >= 4 is 41.2 Å². The van der Waals surface area contributed by atoms with Gasteiger partial charge in [-0.25, -0.2) is 0 Å². The normalized spacial score (nSPS) is 15.4. The van der Waals surface area contributed by atoms with Crippen LogP contribution in [0.3, 0.4) is 0 Å². The van der Waals surface area contributed by atoms with Gasteiger partial charge in [-0.15, -0.1) is 11.8 Å². The summed E-state index contributed by atoms with van der Waals surface area (Å²) in [6.45, 7) is -0.658. The van der Waals surface area contributed by atoms with E-state index in [2.05, 4.69) is 0 Å². The number of fused-ring (bicyclic) bond motifs is 1. The average molecular weight is 353 g/mol. The second-order valence-corrected chi connectivity index (χ2v) is 6.35. The van der Waals surface area contributed by atoms with Crippen molar-refractivity contribution < 1.29 is 19.5 Å². The third kappa shape index (κ3) is 3.34. The van der Waals surface area contributed by atoms with E-state index in [0.29, 0.717) is 16.7 Å². The molecule has 2 amide bonds. The molecule has 25 heavy (non-hydrogen) atoms. The third-order valence-electron chi connectivity index (χ3n) is 3.89. The lowest BCUT2D eigenvalue weighted by molar-refractivity contribution is -0.141. The molecule has 0 radical (unpaired) electrons. The van der Waals surface area contributed by atoms with Crippen molar-refractivity contribution in [1.29, 1.82) is 0 Å². The highest BCUT2D eigenvalue weighted by Gasteiger charge is 2.35. The SMILES string of the molecule is CSc1ccc(/C=C2\C(=O)N(CC(=O)O)C(=O)c3ccccc32)cc1. The van der Waals surface area contributed by atoms with Crippen molar-refractivity contribution in [2.45, 2.75) is 4.90 Å². The zero-order valence-corrected chi connectivity index (χ0v) is 14.2. The van der Waals surface area contributed by atoms with Crippen molar-refractivity contribution in [1.82, 2.24) is 4.90 Å². The second kappa shape index (κ2) is 6.94. The smallest absolute Gasteiger partial charge is 0.323 e. The number of rotatable bonds is 4. The van der Waals surface area contributed by atoms with Gasteiger partial charge in [0.1, 0.15) is 6.54 Å². The molecule has 0 saturated carbocycles. The van der Waals surface area contributed by atoms with Crippen molar-refractivity contribution in [2.24, 2.45) is 0 Å². The van der Waals surface area contributed by atoms with E-state index in [4.69, 9.17) is 5.11 Å². The van der Waals surface area contributed by atoms with Crippen LogP contribution in [0.5, 0.6) is 0 Å². The number of hydrogen-bond donors (Lipinski definition) is 1. The van der Waals surface area contributed by atoms with Gasteiger partial charge in [0.2, 0.25) is 0 Å². The fourth-order valence-electron chi connectivity index (χ4n) is 2.69. The Morgan fingerprint density at radius 3 is 2.28 bits per heavy atom. The average Bonchev–Trinajstić information content (AvgIpc) is 2.62. The van der Waals surface area contributed by atoms with Crippen LogP contribution in [0.1, 0.15) is 21.5 Å². The summed E-state index contributed by atoms with van der Waals surface area (Å²) in [4.78, 5) is 38.1. The Labute approximate surface area is 149 Å². The molecule has 1 aliphatic rings. The fraction of sp³-hybridized carbons (Fsp3) is 0.105. The minimum atomic E-state index is -1.23. The fourth-order valence-corrected chi connectivity index (χ4v) is 3.10. The standard InChI is InChI=1S/C19H15NO4S/c1-25-13-8-6-12(7-9-13)10-16-14-4-2-3-5-15(14)18(23)20(19(16)24)11-17(21)22/h2-10H,11H2,1H3,(H,21,22)/b16-10-. The molecule has 0 saturated heterocycles. The Morgan fingerprint density at radius 1 is 1.04 bits per heavy atom. The molecule has 1 N–H and O–H groups in total. The van der Waals surface area contributed by atoms with Crippen molar-refractivity contribution in [3.05, 3.63) is 65.2 Å². The van der Waals surface area contributed by atoms with Crippen LogP contribution in [0.4, 0.5) is 0 Å². The monoisotopic (exact) mass is 353 g/mol. The number of amides is 2. The van der Waals surface area contributed by atoms with Gasteiger partial charge in [-0.3, -0.25) is 19.3 Å². The molecule has 0 aliphatic carbocycles. The Morgan fingerprint density at radius 2 is 1.68 bits per heavy atom. The van der Waals surface area contributed by atoms with Gasteiger partial charge in [0.15, 0.2) is 0 Å². The van der Waals surface area contributed by atoms with Gasteiger partial charge >= 0.3 is 5.97 Å². The summed E-state index contributed by atoms with van der Waals surface area (Å²) in [5.41, 5.74) is 1.97. The topological polar surface area (TPSA) is 74.7 Å². The number of carbonyl (C=O) groups is 3. The molecule has 5 nitrogen and oxygen atoms in total. The zero-order valence-electron chi connectivity index (χ0n) is 13.4. The van der Waals surface area contributed by atoms with Crippen molar-refractivity contribution in [3.63, 3.8) is 0 Å². The Hall–Kier alpha value is -2.86. The van der Waals surface area contributed by atoms with Gasteiger partial charge in [0.25, 0.3) is 11.8 Å². The van der Waals surface area contributed by atoms with Crippen LogP contribution in [0, 0.1) is 0 Å². The lowest BCUT2D eigenvalue weighted by atomic mass is 9.92. The van der Waals surface area contributed by atoms with E-state index in [9.17, 15) is 14.4 Å². The maximum Gasteiger partial charge on any atom is 0.323 e. The van der Waals surface area contributed by atoms with Crippen LogP contribution < -0.4 is 0 Å². The zero-order chi connectivity index (χ0) is 18.0. The summed E-state index contributed by atoms with van der Waals surface area (Å²) in [6.07, 6.45) is 3.66. The first-order valence-electron chi connectivity index (χ1n) is 7.54. The van der Waals surface area contributed by atoms with Gasteiger partial charge in [0.05, 0.1) is 0 Å². The molecule has 0 fully saturated rings. The molecule has 6 heteroatoms. The van der Waals surface area contributed by atoms with Crippen LogP contribution in [-0.2, 0) is 9.59 Å². The number of benzene rings is 2. The highest BCUT2D eigenvalue weighted by molar-refractivity contribution is 7.98. The molecule has 2 aromatic carbocycles. The largest absolute Gasteiger partial charge is 0.480 e. The van der Waals surface area contributed by atoms with Crippen molar-refractivity contribution in [3.8, 4) is 0 Å². The second-order valence-electron chi connectivity index (χ2n) is 5.47. The van der Waals surface area contributed by atoms with E-state index in [1.807, 2.05) is 30.5 Å². The highest BCUT2D eigenvalue weighted by atomic mass is 32.2.